The van der Waals surface area contributed by atoms with Gasteiger partial charge in [-0.15, -0.1) is 0 Å². The quantitative estimate of drug-likeness (QED) is 0.220. The van der Waals surface area contributed by atoms with Crippen LogP contribution in [0.5, 0.6) is 0 Å². The fraction of sp³-hybridized carbons (Fsp3) is 0.471. The molecule has 1 heterocycles. The third-order valence-corrected chi connectivity index (χ3v) is 15.2. The molecular formula is C34H46O6Si. The standard InChI is InChI=1S/C34H46O6Si/c1-5-41(6-2,7-3)34(36)33(4,39-26-29-21-15-10-16-22-29)32(38-25-28-19-13-9-14-20-28)31(30(23-35)40-34)37-24-27-17-11-8-12-18-27/h8-22,30-32,35-36H,5-7,23-26H2,1-4H3/t30-,31+,32+,33-,34-/m1/s1. The van der Waals surface area contributed by atoms with E-state index in [9.17, 15) is 10.2 Å². The molecule has 0 unspecified atom stereocenters. The largest absolute Gasteiger partial charge is 0.394 e. The van der Waals surface area contributed by atoms with E-state index in [-0.39, 0.29) is 13.2 Å². The van der Waals surface area contributed by atoms with E-state index in [0.29, 0.717) is 13.2 Å². The van der Waals surface area contributed by atoms with Gasteiger partial charge in [0.15, 0.2) is 5.41 Å². The Morgan fingerprint density at radius 3 is 1.59 bits per heavy atom. The van der Waals surface area contributed by atoms with E-state index in [4.69, 9.17) is 18.9 Å². The Bertz CT molecular complexity index is 1170. The summed E-state index contributed by atoms with van der Waals surface area (Å²) in [7, 11) is -2.58. The maximum absolute atomic E-state index is 12.9. The Balaban J connectivity index is 1.80. The second-order valence-corrected chi connectivity index (χ2v) is 16.5. The number of aliphatic hydroxyl groups excluding tert-OH is 1. The maximum atomic E-state index is 12.9. The topological polar surface area (TPSA) is 77.4 Å². The number of benzene rings is 3. The van der Waals surface area contributed by atoms with Gasteiger partial charge < -0.3 is 29.2 Å². The number of hydrogen-bond donors (Lipinski definition) is 2. The number of ether oxygens (including phenoxy) is 4. The minimum atomic E-state index is -2.58. The molecule has 1 aliphatic heterocycles. The monoisotopic (exact) mass is 578 g/mol. The van der Waals surface area contributed by atoms with E-state index in [0.717, 1.165) is 34.8 Å². The van der Waals surface area contributed by atoms with Gasteiger partial charge in [-0.1, -0.05) is 130 Å². The summed E-state index contributed by atoms with van der Waals surface area (Å²) in [5.41, 5.74) is 0.0481. The van der Waals surface area contributed by atoms with Gasteiger partial charge in [0, 0.05) is 0 Å². The van der Waals surface area contributed by atoms with Crippen molar-refractivity contribution in [3.63, 3.8) is 0 Å². The summed E-state index contributed by atoms with van der Waals surface area (Å²) in [6.45, 7) is 8.86. The first-order valence-electron chi connectivity index (χ1n) is 14.9. The third kappa shape index (κ3) is 6.52. The lowest BCUT2D eigenvalue weighted by Gasteiger charge is -2.61. The summed E-state index contributed by atoms with van der Waals surface area (Å²) < 4.78 is 26.8. The molecule has 6 nitrogen and oxygen atoms in total. The Morgan fingerprint density at radius 1 is 0.707 bits per heavy atom. The van der Waals surface area contributed by atoms with Crippen molar-refractivity contribution in [2.75, 3.05) is 6.61 Å². The van der Waals surface area contributed by atoms with Crippen molar-refractivity contribution in [2.45, 2.75) is 95.0 Å². The zero-order chi connectivity index (χ0) is 29.3. The summed E-state index contributed by atoms with van der Waals surface area (Å²) in [6.07, 6.45) is -2.22. The normalized spacial score (nSPS) is 26.6. The highest BCUT2D eigenvalue weighted by atomic mass is 28.3. The molecule has 3 aromatic rings. The predicted octanol–water partition coefficient (Wildman–Crippen LogP) is 6.26. The molecule has 222 valence electrons. The minimum Gasteiger partial charge on any atom is -0.394 e. The van der Waals surface area contributed by atoms with Crippen LogP contribution in [0.15, 0.2) is 91.0 Å². The van der Waals surface area contributed by atoms with Gasteiger partial charge in [-0.05, 0) is 23.6 Å². The summed E-state index contributed by atoms with van der Waals surface area (Å²) in [5, 5.41) is 23.6. The Kier molecular flexibility index (Phi) is 10.9. The summed E-state index contributed by atoms with van der Waals surface area (Å²) in [6, 6.07) is 32.2. The molecule has 1 aliphatic rings. The first-order valence-corrected chi connectivity index (χ1v) is 17.5. The number of aliphatic hydroxyl groups is 2. The average Bonchev–Trinajstić information content (AvgIpc) is 3.02. The fourth-order valence-electron chi connectivity index (χ4n) is 6.33. The van der Waals surface area contributed by atoms with Gasteiger partial charge in [-0.3, -0.25) is 0 Å². The summed E-state index contributed by atoms with van der Waals surface area (Å²) >= 11 is 0. The predicted molar refractivity (Wildman–Crippen MR) is 164 cm³/mol. The van der Waals surface area contributed by atoms with Gasteiger partial charge >= 0.3 is 0 Å². The van der Waals surface area contributed by atoms with E-state index in [1.807, 2.05) is 97.9 Å². The van der Waals surface area contributed by atoms with E-state index >= 15 is 0 Å². The van der Waals surface area contributed by atoms with E-state index in [1.54, 1.807) is 0 Å². The number of hydrogen-bond acceptors (Lipinski definition) is 6. The molecule has 1 fully saturated rings. The first kappa shape index (κ1) is 31.6. The summed E-state index contributed by atoms with van der Waals surface area (Å²) in [4.78, 5) is 0. The fourth-order valence-corrected chi connectivity index (χ4v) is 10.9. The van der Waals surface area contributed by atoms with Gasteiger partial charge in [0.2, 0.25) is 0 Å². The lowest BCUT2D eigenvalue weighted by molar-refractivity contribution is -0.377. The van der Waals surface area contributed by atoms with E-state index in [2.05, 4.69) is 20.8 Å². The molecule has 4 rings (SSSR count). The van der Waals surface area contributed by atoms with Crippen LogP contribution >= 0.6 is 0 Å². The molecular weight excluding hydrogens is 532 g/mol. The van der Waals surface area contributed by atoms with E-state index in [1.165, 1.54) is 0 Å². The Hall–Kier alpha value is -2.36. The molecule has 0 radical (unpaired) electrons. The summed E-state index contributed by atoms with van der Waals surface area (Å²) in [5.74, 6) is 0. The van der Waals surface area contributed by atoms with Gasteiger partial charge in [-0.25, -0.2) is 0 Å². The van der Waals surface area contributed by atoms with Crippen LogP contribution in [0, 0.1) is 0 Å². The molecule has 1 saturated heterocycles. The Labute approximate surface area is 246 Å². The van der Waals surface area contributed by atoms with Crippen molar-refractivity contribution in [1.29, 1.82) is 0 Å². The minimum absolute atomic E-state index is 0.269. The van der Waals surface area contributed by atoms with Crippen molar-refractivity contribution >= 4 is 8.07 Å². The molecule has 0 aromatic heterocycles. The molecule has 3 aromatic carbocycles. The van der Waals surface area contributed by atoms with Crippen molar-refractivity contribution in [3.8, 4) is 0 Å². The Morgan fingerprint density at radius 2 is 1.15 bits per heavy atom. The van der Waals surface area contributed by atoms with Crippen LogP contribution in [0.25, 0.3) is 0 Å². The second kappa shape index (κ2) is 14.2. The average molecular weight is 579 g/mol. The molecule has 0 spiro atoms. The van der Waals surface area contributed by atoms with Crippen LogP contribution in [0.2, 0.25) is 18.1 Å². The number of rotatable bonds is 14. The van der Waals surface area contributed by atoms with Crippen LogP contribution < -0.4 is 0 Å². The van der Waals surface area contributed by atoms with Gasteiger partial charge in [0.1, 0.15) is 32.0 Å². The molecule has 0 bridgehead atoms. The smallest absolute Gasteiger partial charge is 0.179 e. The highest BCUT2D eigenvalue weighted by Gasteiger charge is 2.70. The van der Waals surface area contributed by atoms with Crippen molar-refractivity contribution < 1.29 is 29.2 Å². The molecule has 0 amide bonds. The molecule has 41 heavy (non-hydrogen) atoms. The SMILES string of the molecule is CC[Si](CC)(CC)[C@]1(O)O[C@H](CO)[C@H](OCc2ccccc2)[C@H](OCc2ccccc2)[C@@]1(C)OCc1ccccc1. The van der Waals surface area contributed by atoms with Crippen LogP contribution in [-0.2, 0) is 38.8 Å². The highest BCUT2D eigenvalue weighted by molar-refractivity contribution is 6.82. The molecule has 0 aliphatic carbocycles. The lowest BCUT2D eigenvalue weighted by Crippen LogP contribution is -2.81. The molecule has 2 N–H and O–H groups in total. The van der Waals surface area contributed by atoms with Crippen LogP contribution in [-0.4, -0.2) is 54.2 Å². The first-order chi connectivity index (χ1) is 19.9. The maximum Gasteiger partial charge on any atom is 0.179 e. The van der Waals surface area contributed by atoms with Crippen LogP contribution in [0.1, 0.15) is 44.4 Å². The van der Waals surface area contributed by atoms with Crippen LogP contribution in [0.4, 0.5) is 0 Å². The zero-order valence-corrected chi connectivity index (χ0v) is 25.9. The van der Waals surface area contributed by atoms with Gasteiger partial charge in [0.25, 0.3) is 0 Å². The second-order valence-electron chi connectivity index (χ2n) is 11.2. The molecule has 0 saturated carbocycles. The highest BCUT2D eigenvalue weighted by Crippen LogP contribution is 2.50. The molecule has 7 heteroatoms. The van der Waals surface area contributed by atoms with E-state index < -0.39 is 37.4 Å². The van der Waals surface area contributed by atoms with Gasteiger partial charge in [-0.2, -0.15) is 0 Å². The van der Waals surface area contributed by atoms with Crippen molar-refractivity contribution in [2.24, 2.45) is 0 Å². The zero-order valence-electron chi connectivity index (χ0n) is 24.9. The van der Waals surface area contributed by atoms with Crippen LogP contribution in [0.3, 0.4) is 0 Å². The van der Waals surface area contributed by atoms with Crippen molar-refractivity contribution in [3.05, 3.63) is 108 Å². The third-order valence-electron chi connectivity index (χ3n) is 9.07. The lowest BCUT2D eigenvalue weighted by atomic mass is 9.86. The molecule has 5 atom stereocenters. The van der Waals surface area contributed by atoms with Crippen molar-refractivity contribution in [1.82, 2.24) is 0 Å². The van der Waals surface area contributed by atoms with Gasteiger partial charge in [0.05, 0.1) is 26.4 Å².